The highest BCUT2D eigenvalue weighted by Gasteiger charge is 2.18. The predicted octanol–water partition coefficient (Wildman–Crippen LogP) is 3.03. The second-order valence-corrected chi connectivity index (χ2v) is 6.30. The van der Waals surface area contributed by atoms with E-state index in [1.807, 2.05) is 0 Å². The van der Waals surface area contributed by atoms with E-state index in [2.05, 4.69) is 5.32 Å². The zero-order valence-corrected chi connectivity index (χ0v) is 14.5. The molecular weight excluding hydrogens is 339 g/mol. The maximum Gasteiger partial charge on any atom is 0.223 e. The van der Waals surface area contributed by atoms with E-state index in [1.165, 1.54) is 11.8 Å². The van der Waals surface area contributed by atoms with Crippen LogP contribution in [0.15, 0.2) is 18.2 Å². The molecule has 0 aromatic heterocycles. The highest BCUT2D eigenvalue weighted by atomic mass is 35.5. The van der Waals surface area contributed by atoms with Crippen LogP contribution in [0.1, 0.15) is 26.2 Å². The van der Waals surface area contributed by atoms with Crippen LogP contribution in [0, 0.1) is 0 Å². The van der Waals surface area contributed by atoms with Crippen molar-refractivity contribution in [1.82, 2.24) is 5.32 Å². The molecule has 1 aromatic carbocycles. The Labute approximate surface area is 145 Å². The van der Waals surface area contributed by atoms with Gasteiger partial charge in [0, 0.05) is 38.1 Å². The van der Waals surface area contributed by atoms with E-state index < -0.39 is 0 Å². The van der Waals surface area contributed by atoms with Gasteiger partial charge in [0.1, 0.15) is 0 Å². The molecule has 0 radical (unpaired) electrons. The lowest BCUT2D eigenvalue weighted by Gasteiger charge is -2.22. The summed E-state index contributed by atoms with van der Waals surface area (Å²) >= 11 is 12.0. The molecule has 0 bridgehead atoms. The Morgan fingerprint density at radius 3 is 2.78 bits per heavy atom. The summed E-state index contributed by atoms with van der Waals surface area (Å²) in [5.74, 6) is -0.294. The molecule has 5 nitrogen and oxygen atoms in total. The zero-order chi connectivity index (χ0) is 16.8. The number of benzene rings is 1. The fraction of sp³-hybridized carbons (Fsp3) is 0.500. The molecule has 7 heteroatoms. The number of anilines is 1. The van der Waals surface area contributed by atoms with Gasteiger partial charge in [-0.05, 0) is 31.0 Å². The molecule has 126 valence electrons. The first kappa shape index (κ1) is 18.0. The number of hydrogen-bond donors (Lipinski definition) is 1. The molecule has 1 aliphatic rings. The monoisotopic (exact) mass is 358 g/mol. The molecule has 1 unspecified atom stereocenters. The second-order valence-electron chi connectivity index (χ2n) is 5.46. The van der Waals surface area contributed by atoms with Crippen LogP contribution in [0.5, 0.6) is 0 Å². The smallest absolute Gasteiger partial charge is 0.223 e. The minimum absolute atomic E-state index is 0.105. The summed E-state index contributed by atoms with van der Waals surface area (Å²) in [4.78, 5) is 25.3. The third-order valence-corrected chi connectivity index (χ3v) is 4.23. The summed E-state index contributed by atoms with van der Waals surface area (Å²) in [6.07, 6.45) is 2.31. The molecule has 23 heavy (non-hydrogen) atoms. The first-order valence-electron chi connectivity index (χ1n) is 7.59. The minimum atomic E-state index is -0.179. The van der Waals surface area contributed by atoms with Crippen molar-refractivity contribution in [2.24, 2.45) is 0 Å². The van der Waals surface area contributed by atoms with Gasteiger partial charge in [-0.15, -0.1) is 0 Å². The summed E-state index contributed by atoms with van der Waals surface area (Å²) in [7, 11) is 0. The molecule has 1 fully saturated rings. The van der Waals surface area contributed by atoms with Crippen LogP contribution in [0.2, 0.25) is 10.0 Å². The van der Waals surface area contributed by atoms with E-state index in [0.29, 0.717) is 22.3 Å². The van der Waals surface area contributed by atoms with Crippen molar-refractivity contribution in [3.8, 4) is 0 Å². The average molecular weight is 359 g/mol. The van der Waals surface area contributed by atoms with Gasteiger partial charge in [0.05, 0.1) is 16.8 Å². The summed E-state index contributed by atoms with van der Waals surface area (Å²) in [5, 5.41) is 3.72. The fourth-order valence-electron chi connectivity index (χ4n) is 2.48. The lowest BCUT2D eigenvalue weighted by atomic mass is 10.2. The van der Waals surface area contributed by atoms with Crippen molar-refractivity contribution in [2.45, 2.75) is 32.3 Å². The summed E-state index contributed by atoms with van der Waals surface area (Å²) in [6, 6.07) is 4.92. The summed E-state index contributed by atoms with van der Waals surface area (Å²) < 4.78 is 5.45. The van der Waals surface area contributed by atoms with Crippen molar-refractivity contribution in [3.63, 3.8) is 0 Å². The Hall–Kier alpha value is -1.30. The Kier molecular flexibility index (Phi) is 6.69. The van der Waals surface area contributed by atoms with Crippen LogP contribution in [0.3, 0.4) is 0 Å². The Bertz CT molecular complexity index is 574. The number of halogens is 2. The van der Waals surface area contributed by atoms with Gasteiger partial charge in [-0.1, -0.05) is 23.2 Å². The van der Waals surface area contributed by atoms with Crippen LogP contribution in [0.25, 0.3) is 0 Å². The topological polar surface area (TPSA) is 58.6 Å². The third kappa shape index (κ3) is 5.37. The van der Waals surface area contributed by atoms with Crippen molar-refractivity contribution >= 4 is 40.7 Å². The van der Waals surface area contributed by atoms with E-state index >= 15 is 0 Å². The Morgan fingerprint density at radius 1 is 1.39 bits per heavy atom. The highest BCUT2D eigenvalue weighted by Crippen LogP contribution is 2.29. The average Bonchev–Trinajstić information content (AvgIpc) is 3.00. The van der Waals surface area contributed by atoms with Crippen LogP contribution in [-0.4, -0.2) is 37.6 Å². The third-order valence-electron chi connectivity index (χ3n) is 3.69. The van der Waals surface area contributed by atoms with Crippen molar-refractivity contribution in [2.75, 3.05) is 24.6 Å². The van der Waals surface area contributed by atoms with Crippen LogP contribution in [0.4, 0.5) is 5.69 Å². The molecule has 2 amide bonds. The van der Waals surface area contributed by atoms with Crippen LogP contribution in [-0.2, 0) is 14.3 Å². The number of nitrogens with zero attached hydrogens (tertiary/aromatic N) is 1. The van der Waals surface area contributed by atoms with E-state index in [1.54, 1.807) is 18.2 Å². The molecule has 1 N–H and O–H groups in total. The quantitative estimate of drug-likeness (QED) is 0.850. The minimum Gasteiger partial charge on any atom is -0.376 e. The highest BCUT2D eigenvalue weighted by molar-refractivity contribution is 6.36. The number of ether oxygens (including phenoxy) is 1. The van der Waals surface area contributed by atoms with Gasteiger partial charge in [0.25, 0.3) is 0 Å². The molecule has 1 saturated heterocycles. The Morgan fingerprint density at radius 2 is 2.17 bits per heavy atom. The fourth-order valence-corrected chi connectivity index (χ4v) is 2.99. The summed E-state index contributed by atoms with van der Waals surface area (Å²) in [5.41, 5.74) is 0.551. The van der Waals surface area contributed by atoms with Gasteiger partial charge in [-0.25, -0.2) is 0 Å². The molecular formula is C16H20Cl2N2O3. The standard InChI is InChI=1S/C16H20Cl2N2O3/c1-11(21)20(15-5-4-12(17)9-14(15)18)7-6-16(22)19-10-13-3-2-8-23-13/h4-5,9,13H,2-3,6-8,10H2,1H3,(H,19,22). The molecule has 2 rings (SSSR count). The second kappa shape index (κ2) is 8.52. The number of nitrogens with one attached hydrogen (secondary N) is 1. The van der Waals surface area contributed by atoms with E-state index in [0.717, 1.165) is 19.4 Å². The number of amides is 2. The number of hydrogen-bond acceptors (Lipinski definition) is 3. The lowest BCUT2D eigenvalue weighted by Crippen LogP contribution is -2.36. The van der Waals surface area contributed by atoms with Gasteiger partial charge < -0.3 is 15.0 Å². The molecule has 0 aliphatic carbocycles. The van der Waals surface area contributed by atoms with Gasteiger partial charge in [-0.2, -0.15) is 0 Å². The van der Waals surface area contributed by atoms with E-state index in [4.69, 9.17) is 27.9 Å². The molecule has 0 saturated carbocycles. The normalized spacial score (nSPS) is 17.1. The number of carbonyl (C=O) groups is 2. The predicted molar refractivity (Wildman–Crippen MR) is 91.1 cm³/mol. The van der Waals surface area contributed by atoms with Gasteiger partial charge in [-0.3, -0.25) is 9.59 Å². The molecule has 1 atom stereocenters. The van der Waals surface area contributed by atoms with Crippen molar-refractivity contribution in [1.29, 1.82) is 0 Å². The molecule has 0 spiro atoms. The SMILES string of the molecule is CC(=O)N(CCC(=O)NCC1CCCO1)c1ccc(Cl)cc1Cl. The van der Waals surface area contributed by atoms with E-state index in [-0.39, 0.29) is 30.9 Å². The maximum absolute atomic E-state index is 11.9. The maximum atomic E-state index is 11.9. The Balaban J connectivity index is 1.89. The van der Waals surface area contributed by atoms with Crippen LogP contribution < -0.4 is 10.2 Å². The van der Waals surface area contributed by atoms with Gasteiger partial charge >= 0.3 is 0 Å². The van der Waals surface area contributed by atoms with Gasteiger partial charge in [0.2, 0.25) is 11.8 Å². The molecule has 1 aliphatic heterocycles. The number of carbonyl (C=O) groups excluding carboxylic acids is 2. The number of rotatable bonds is 6. The lowest BCUT2D eigenvalue weighted by molar-refractivity contribution is -0.121. The summed E-state index contributed by atoms with van der Waals surface area (Å²) in [6.45, 7) is 2.97. The molecule has 1 aromatic rings. The van der Waals surface area contributed by atoms with Crippen LogP contribution >= 0.6 is 23.2 Å². The molecule has 1 heterocycles. The van der Waals surface area contributed by atoms with Crippen molar-refractivity contribution < 1.29 is 14.3 Å². The van der Waals surface area contributed by atoms with Crippen molar-refractivity contribution in [3.05, 3.63) is 28.2 Å². The largest absolute Gasteiger partial charge is 0.376 e. The first-order valence-corrected chi connectivity index (χ1v) is 8.34. The van der Waals surface area contributed by atoms with Gasteiger partial charge in [0.15, 0.2) is 0 Å². The first-order chi connectivity index (χ1) is 11.0. The van der Waals surface area contributed by atoms with E-state index in [9.17, 15) is 9.59 Å². The zero-order valence-electron chi connectivity index (χ0n) is 13.0.